The Kier molecular flexibility index (Phi) is 4.10. The van der Waals surface area contributed by atoms with Crippen LogP contribution < -0.4 is 0 Å². The smallest absolute Gasteiger partial charge is 0.289 e. The number of ether oxygens (including phenoxy) is 1. The first-order valence-corrected chi connectivity index (χ1v) is 8.99. The van der Waals surface area contributed by atoms with Crippen molar-refractivity contribution in [2.75, 3.05) is 19.7 Å². The van der Waals surface area contributed by atoms with Crippen molar-refractivity contribution in [1.82, 2.24) is 24.7 Å². The maximum absolute atomic E-state index is 12.6. The Morgan fingerprint density at radius 1 is 1.11 bits per heavy atom. The van der Waals surface area contributed by atoms with Crippen molar-refractivity contribution in [2.24, 2.45) is 0 Å². The van der Waals surface area contributed by atoms with Gasteiger partial charge in [-0.15, -0.1) is 5.10 Å². The zero-order valence-corrected chi connectivity index (χ0v) is 14.9. The zero-order valence-electron chi connectivity index (χ0n) is 14.9. The summed E-state index contributed by atoms with van der Waals surface area (Å²) in [5.74, 6) is 0.185. The molecule has 0 saturated carbocycles. The van der Waals surface area contributed by atoms with Gasteiger partial charge in [0.25, 0.3) is 5.91 Å². The minimum absolute atomic E-state index is 0.144. The summed E-state index contributed by atoms with van der Waals surface area (Å²) < 4.78 is 12.9. The standard InChI is InChI=1S/C20H17N5O3/c26-20(17-2-1-10-27-17)24-9-11-28-18(13-24)19-16-4-3-15(12-25(16)23-22-19)14-5-7-21-8-6-14/h1-8,10,12,18H,9,11,13H2. The first-order valence-electron chi connectivity index (χ1n) is 8.99. The van der Waals surface area contributed by atoms with Gasteiger partial charge in [0.2, 0.25) is 0 Å². The van der Waals surface area contributed by atoms with E-state index < -0.39 is 0 Å². The number of rotatable bonds is 3. The van der Waals surface area contributed by atoms with Gasteiger partial charge in [0, 0.05) is 30.7 Å². The van der Waals surface area contributed by atoms with E-state index in [0.717, 1.165) is 22.3 Å². The molecule has 1 aliphatic rings. The van der Waals surface area contributed by atoms with Gasteiger partial charge in [-0.25, -0.2) is 4.52 Å². The van der Waals surface area contributed by atoms with Crippen LogP contribution in [0.2, 0.25) is 0 Å². The Hall–Kier alpha value is -3.52. The quantitative estimate of drug-likeness (QED) is 0.547. The van der Waals surface area contributed by atoms with Crippen LogP contribution in [0.1, 0.15) is 22.4 Å². The number of aromatic nitrogens is 4. The summed E-state index contributed by atoms with van der Waals surface area (Å²) in [4.78, 5) is 18.3. The molecule has 1 unspecified atom stereocenters. The number of nitrogens with zero attached hydrogens (tertiary/aromatic N) is 5. The highest BCUT2D eigenvalue weighted by atomic mass is 16.5. The van der Waals surface area contributed by atoms with Gasteiger partial charge >= 0.3 is 0 Å². The lowest BCUT2D eigenvalue weighted by molar-refractivity contribution is -0.0250. The summed E-state index contributed by atoms with van der Waals surface area (Å²) in [6.45, 7) is 1.35. The monoisotopic (exact) mass is 375 g/mol. The number of amides is 1. The Morgan fingerprint density at radius 3 is 2.82 bits per heavy atom. The molecule has 0 spiro atoms. The highest BCUT2D eigenvalue weighted by Crippen LogP contribution is 2.27. The number of hydrogen-bond donors (Lipinski definition) is 0. The van der Waals surface area contributed by atoms with E-state index in [1.165, 1.54) is 6.26 Å². The van der Waals surface area contributed by atoms with E-state index in [0.29, 0.717) is 25.5 Å². The van der Waals surface area contributed by atoms with Crippen LogP contribution in [0, 0.1) is 0 Å². The van der Waals surface area contributed by atoms with Crippen molar-refractivity contribution in [3.63, 3.8) is 0 Å². The molecule has 0 aromatic carbocycles. The lowest BCUT2D eigenvalue weighted by Gasteiger charge is -2.31. The summed E-state index contributed by atoms with van der Waals surface area (Å²) in [5.41, 5.74) is 3.65. The lowest BCUT2D eigenvalue weighted by Crippen LogP contribution is -2.42. The second-order valence-corrected chi connectivity index (χ2v) is 6.55. The molecule has 0 bridgehead atoms. The van der Waals surface area contributed by atoms with Crippen LogP contribution in [0.4, 0.5) is 0 Å². The molecule has 8 nitrogen and oxygen atoms in total. The number of morpholine rings is 1. The minimum atomic E-state index is -0.336. The second-order valence-electron chi connectivity index (χ2n) is 6.55. The summed E-state index contributed by atoms with van der Waals surface area (Å²) in [7, 11) is 0. The SMILES string of the molecule is O=C(c1ccco1)N1CCOC(c2nnn3cc(-c4ccncc4)ccc23)C1. The molecule has 1 amide bonds. The maximum atomic E-state index is 12.6. The molecule has 28 heavy (non-hydrogen) atoms. The van der Waals surface area contributed by atoms with E-state index in [9.17, 15) is 4.79 Å². The van der Waals surface area contributed by atoms with Gasteiger partial charge in [0.15, 0.2) is 5.76 Å². The normalized spacial score (nSPS) is 17.1. The molecule has 1 fully saturated rings. The van der Waals surface area contributed by atoms with Crippen LogP contribution in [0.25, 0.3) is 16.6 Å². The van der Waals surface area contributed by atoms with Crippen LogP contribution in [-0.2, 0) is 4.74 Å². The van der Waals surface area contributed by atoms with E-state index in [-0.39, 0.29) is 12.0 Å². The Labute approximate surface area is 160 Å². The van der Waals surface area contributed by atoms with Crippen molar-refractivity contribution >= 4 is 11.4 Å². The van der Waals surface area contributed by atoms with Crippen LogP contribution >= 0.6 is 0 Å². The summed E-state index contributed by atoms with van der Waals surface area (Å²) >= 11 is 0. The molecule has 1 atom stereocenters. The first-order chi connectivity index (χ1) is 13.8. The molecule has 0 aliphatic carbocycles. The van der Waals surface area contributed by atoms with Gasteiger partial charge < -0.3 is 14.1 Å². The van der Waals surface area contributed by atoms with Crippen molar-refractivity contribution in [2.45, 2.75) is 6.10 Å². The molecule has 0 radical (unpaired) electrons. The lowest BCUT2D eigenvalue weighted by atomic mass is 10.1. The van der Waals surface area contributed by atoms with Gasteiger partial charge in [-0.1, -0.05) is 11.3 Å². The summed E-state index contributed by atoms with van der Waals surface area (Å²) in [6.07, 6.45) is 6.60. The summed E-state index contributed by atoms with van der Waals surface area (Å²) in [5, 5.41) is 8.57. The molecule has 1 saturated heterocycles. The molecule has 5 heterocycles. The number of hydrogen-bond acceptors (Lipinski definition) is 6. The van der Waals surface area contributed by atoms with Crippen LogP contribution in [0.15, 0.2) is 65.7 Å². The molecule has 5 rings (SSSR count). The third-order valence-electron chi connectivity index (χ3n) is 4.84. The van der Waals surface area contributed by atoms with Crippen LogP contribution in [-0.4, -0.2) is 50.3 Å². The molecule has 1 aliphatic heterocycles. The highest BCUT2D eigenvalue weighted by Gasteiger charge is 2.30. The fraction of sp³-hybridized carbons (Fsp3) is 0.200. The fourth-order valence-electron chi connectivity index (χ4n) is 3.41. The number of pyridine rings is 2. The number of carbonyl (C=O) groups is 1. The average Bonchev–Trinajstić information content (AvgIpc) is 3.43. The number of furan rings is 1. The van der Waals surface area contributed by atoms with Crippen LogP contribution in [0.5, 0.6) is 0 Å². The average molecular weight is 375 g/mol. The van der Waals surface area contributed by atoms with Crippen molar-refractivity contribution in [3.05, 3.63) is 72.7 Å². The van der Waals surface area contributed by atoms with E-state index in [1.54, 1.807) is 33.9 Å². The molecule has 4 aromatic rings. The number of carbonyl (C=O) groups excluding carboxylic acids is 1. The topological polar surface area (TPSA) is 85.8 Å². The molecule has 8 heteroatoms. The predicted molar refractivity (Wildman–Crippen MR) is 99.5 cm³/mol. The molecule has 4 aromatic heterocycles. The van der Waals surface area contributed by atoms with Gasteiger partial charge in [0.05, 0.1) is 24.9 Å². The van der Waals surface area contributed by atoms with Crippen molar-refractivity contribution in [3.8, 4) is 11.1 Å². The van der Waals surface area contributed by atoms with E-state index in [1.807, 2.05) is 30.5 Å². The van der Waals surface area contributed by atoms with Crippen molar-refractivity contribution in [1.29, 1.82) is 0 Å². The Balaban J connectivity index is 1.42. The van der Waals surface area contributed by atoms with Gasteiger partial charge in [0.1, 0.15) is 11.8 Å². The first kappa shape index (κ1) is 16.6. The highest BCUT2D eigenvalue weighted by molar-refractivity contribution is 5.91. The van der Waals surface area contributed by atoms with Gasteiger partial charge in [-0.3, -0.25) is 9.78 Å². The van der Waals surface area contributed by atoms with Crippen molar-refractivity contribution < 1.29 is 13.9 Å². The third kappa shape index (κ3) is 2.93. The van der Waals surface area contributed by atoms with Gasteiger partial charge in [-0.2, -0.15) is 0 Å². The zero-order chi connectivity index (χ0) is 18.9. The summed E-state index contributed by atoms with van der Waals surface area (Å²) in [6, 6.07) is 11.3. The van der Waals surface area contributed by atoms with E-state index in [4.69, 9.17) is 9.15 Å². The minimum Gasteiger partial charge on any atom is -0.459 e. The largest absolute Gasteiger partial charge is 0.459 e. The second kappa shape index (κ2) is 6.90. The Bertz CT molecular complexity index is 1110. The van der Waals surface area contributed by atoms with Gasteiger partial charge in [-0.05, 0) is 35.9 Å². The fourth-order valence-corrected chi connectivity index (χ4v) is 3.41. The predicted octanol–water partition coefficient (Wildman–Crippen LogP) is 2.60. The van der Waals surface area contributed by atoms with E-state index >= 15 is 0 Å². The molecular weight excluding hydrogens is 358 g/mol. The van der Waals surface area contributed by atoms with Crippen LogP contribution in [0.3, 0.4) is 0 Å². The molecule has 0 N–H and O–H groups in total. The number of fused-ring (bicyclic) bond motifs is 1. The molecular formula is C20H17N5O3. The third-order valence-corrected chi connectivity index (χ3v) is 4.84. The maximum Gasteiger partial charge on any atom is 0.289 e. The Morgan fingerprint density at radius 2 is 2.00 bits per heavy atom. The van der Waals surface area contributed by atoms with E-state index in [2.05, 4.69) is 15.3 Å². The molecule has 140 valence electrons.